The summed E-state index contributed by atoms with van der Waals surface area (Å²) in [5.74, 6) is 1.50. The summed E-state index contributed by atoms with van der Waals surface area (Å²) >= 11 is 5.89. The third-order valence-corrected chi connectivity index (χ3v) is 4.16. The molecule has 5 nitrogen and oxygen atoms in total. The molecule has 25 heavy (non-hydrogen) atoms. The maximum Gasteiger partial charge on any atom is 0.231 e. The second-order valence-electron chi connectivity index (χ2n) is 6.18. The number of hydrogen-bond acceptors (Lipinski definition) is 5. The first-order chi connectivity index (χ1) is 12.1. The molecule has 0 aromatic heterocycles. The van der Waals surface area contributed by atoms with Crippen LogP contribution in [0.3, 0.4) is 0 Å². The third kappa shape index (κ3) is 5.34. The number of ether oxygens (including phenoxy) is 3. The molecule has 1 unspecified atom stereocenters. The largest absolute Gasteiger partial charge is 0.454 e. The summed E-state index contributed by atoms with van der Waals surface area (Å²) in [6.07, 6.45) is -0.550. The van der Waals surface area contributed by atoms with Crippen molar-refractivity contribution in [3.8, 4) is 11.5 Å². The Morgan fingerprint density at radius 2 is 1.84 bits per heavy atom. The van der Waals surface area contributed by atoms with Crippen LogP contribution in [-0.4, -0.2) is 43.1 Å². The van der Waals surface area contributed by atoms with Gasteiger partial charge in [0.25, 0.3) is 0 Å². The number of likely N-dealkylation sites (N-methyl/N-ethyl adjacent to an activating group) is 1. The molecule has 0 radical (unpaired) electrons. The molecule has 1 atom stereocenters. The number of benzene rings is 2. The molecule has 2 aromatic carbocycles. The first kappa shape index (κ1) is 18.0. The van der Waals surface area contributed by atoms with E-state index < -0.39 is 6.10 Å². The summed E-state index contributed by atoms with van der Waals surface area (Å²) < 4.78 is 16.2. The minimum Gasteiger partial charge on any atom is -0.454 e. The van der Waals surface area contributed by atoms with Crippen LogP contribution in [0.1, 0.15) is 11.1 Å². The van der Waals surface area contributed by atoms with Gasteiger partial charge in [0.15, 0.2) is 11.5 Å². The van der Waals surface area contributed by atoms with Gasteiger partial charge in [-0.1, -0.05) is 29.8 Å². The van der Waals surface area contributed by atoms with Gasteiger partial charge >= 0.3 is 0 Å². The molecular weight excluding hydrogens is 342 g/mol. The summed E-state index contributed by atoms with van der Waals surface area (Å²) in [4.78, 5) is 2.05. The SMILES string of the molecule is CN(Cc1ccc(Cl)cc1)CC(O)COCc1ccc2c(c1)OCO2. The Morgan fingerprint density at radius 3 is 2.64 bits per heavy atom. The molecule has 1 heterocycles. The highest BCUT2D eigenvalue weighted by atomic mass is 35.5. The zero-order chi connectivity index (χ0) is 17.6. The molecule has 0 spiro atoms. The van der Waals surface area contributed by atoms with Gasteiger partial charge in [-0.2, -0.15) is 0 Å². The van der Waals surface area contributed by atoms with Crippen LogP contribution in [0, 0.1) is 0 Å². The van der Waals surface area contributed by atoms with Crippen LogP contribution >= 0.6 is 11.6 Å². The van der Waals surface area contributed by atoms with E-state index in [0.717, 1.165) is 34.2 Å². The standard InChI is InChI=1S/C19H22ClNO4/c1-21(9-14-2-5-16(20)6-3-14)10-17(22)12-23-11-15-4-7-18-19(8-15)25-13-24-18/h2-8,17,22H,9-13H2,1H3. The van der Waals surface area contributed by atoms with E-state index >= 15 is 0 Å². The van der Waals surface area contributed by atoms with Crippen molar-refractivity contribution in [2.75, 3.05) is 27.0 Å². The number of halogens is 1. The van der Waals surface area contributed by atoms with E-state index in [0.29, 0.717) is 13.2 Å². The van der Waals surface area contributed by atoms with Crippen LogP contribution < -0.4 is 9.47 Å². The van der Waals surface area contributed by atoms with Gasteiger partial charge in [0.1, 0.15) is 0 Å². The molecule has 6 heteroatoms. The second kappa shape index (κ2) is 8.54. The van der Waals surface area contributed by atoms with E-state index in [-0.39, 0.29) is 13.4 Å². The average Bonchev–Trinajstić information content (AvgIpc) is 3.04. The normalized spacial score (nSPS) is 14.1. The highest BCUT2D eigenvalue weighted by molar-refractivity contribution is 6.30. The molecule has 2 aromatic rings. The van der Waals surface area contributed by atoms with Crippen molar-refractivity contribution >= 4 is 11.6 Å². The maximum atomic E-state index is 10.1. The van der Waals surface area contributed by atoms with Crippen molar-refractivity contribution in [1.82, 2.24) is 4.90 Å². The lowest BCUT2D eigenvalue weighted by atomic mass is 10.2. The Balaban J connectivity index is 1.38. The van der Waals surface area contributed by atoms with E-state index in [2.05, 4.69) is 4.90 Å². The van der Waals surface area contributed by atoms with Crippen LogP contribution in [0.25, 0.3) is 0 Å². The van der Waals surface area contributed by atoms with Crippen LogP contribution in [0.15, 0.2) is 42.5 Å². The lowest BCUT2D eigenvalue weighted by Crippen LogP contribution is -2.31. The summed E-state index contributed by atoms with van der Waals surface area (Å²) in [6, 6.07) is 13.4. The van der Waals surface area contributed by atoms with Crippen LogP contribution in [0.5, 0.6) is 11.5 Å². The van der Waals surface area contributed by atoms with Crippen molar-refractivity contribution < 1.29 is 19.3 Å². The summed E-state index contributed by atoms with van der Waals surface area (Å²) in [6.45, 7) is 2.24. The Morgan fingerprint density at radius 1 is 1.12 bits per heavy atom. The van der Waals surface area contributed by atoms with Gasteiger partial charge < -0.3 is 19.3 Å². The number of fused-ring (bicyclic) bond motifs is 1. The predicted octanol–water partition coefficient (Wildman–Crippen LogP) is 3.08. The number of aliphatic hydroxyl groups is 1. The lowest BCUT2D eigenvalue weighted by molar-refractivity contribution is 0.0127. The Hall–Kier alpha value is -1.79. The van der Waals surface area contributed by atoms with Gasteiger partial charge in [-0.25, -0.2) is 0 Å². The molecule has 0 aliphatic carbocycles. The molecule has 1 N–H and O–H groups in total. The number of nitrogens with zero attached hydrogens (tertiary/aromatic N) is 1. The third-order valence-electron chi connectivity index (χ3n) is 3.90. The maximum absolute atomic E-state index is 10.1. The first-order valence-corrected chi connectivity index (χ1v) is 8.55. The molecule has 0 bridgehead atoms. The molecule has 0 saturated heterocycles. The van der Waals surface area contributed by atoms with E-state index in [1.54, 1.807) is 0 Å². The van der Waals surface area contributed by atoms with Crippen molar-refractivity contribution in [1.29, 1.82) is 0 Å². The van der Waals surface area contributed by atoms with Gasteiger partial charge in [0.2, 0.25) is 6.79 Å². The highest BCUT2D eigenvalue weighted by Crippen LogP contribution is 2.32. The van der Waals surface area contributed by atoms with E-state index in [9.17, 15) is 5.11 Å². The monoisotopic (exact) mass is 363 g/mol. The van der Waals surface area contributed by atoms with Gasteiger partial charge in [0.05, 0.1) is 19.3 Å². The summed E-state index contributed by atoms with van der Waals surface area (Å²) in [5, 5.41) is 10.9. The fourth-order valence-corrected chi connectivity index (χ4v) is 2.85. The summed E-state index contributed by atoms with van der Waals surface area (Å²) in [7, 11) is 1.97. The molecule has 3 rings (SSSR count). The van der Waals surface area contributed by atoms with Crippen molar-refractivity contribution in [2.24, 2.45) is 0 Å². The van der Waals surface area contributed by atoms with Gasteiger partial charge in [-0.3, -0.25) is 4.90 Å². The Labute approximate surface area is 152 Å². The van der Waals surface area contributed by atoms with Gasteiger partial charge in [-0.15, -0.1) is 0 Å². The van der Waals surface area contributed by atoms with E-state index in [1.807, 2.05) is 49.5 Å². The molecule has 134 valence electrons. The van der Waals surface area contributed by atoms with Crippen molar-refractivity contribution in [3.63, 3.8) is 0 Å². The quantitative estimate of drug-likeness (QED) is 0.781. The van der Waals surface area contributed by atoms with E-state index in [4.69, 9.17) is 25.8 Å². The zero-order valence-electron chi connectivity index (χ0n) is 14.2. The minimum atomic E-state index is -0.550. The zero-order valence-corrected chi connectivity index (χ0v) is 14.9. The van der Waals surface area contributed by atoms with Crippen molar-refractivity contribution in [2.45, 2.75) is 19.3 Å². The second-order valence-corrected chi connectivity index (χ2v) is 6.62. The van der Waals surface area contributed by atoms with Crippen LogP contribution in [0.2, 0.25) is 5.02 Å². The minimum absolute atomic E-state index is 0.262. The smallest absolute Gasteiger partial charge is 0.231 e. The number of aliphatic hydroxyl groups excluding tert-OH is 1. The first-order valence-electron chi connectivity index (χ1n) is 8.17. The Kier molecular flexibility index (Phi) is 6.15. The van der Waals surface area contributed by atoms with Gasteiger partial charge in [0, 0.05) is 18.1 Å². The lowest BCUT2D eigenvalue weighted by Gasteiger charge is -2.20. The Bertz CT molecular complexity index is 692. The molecule has 0 fully saturated rings. The van der Waals surface area contributed by atoms with Crippen LogP contribution in [0.4, 0.5) is 0 Å². The topological polar surface area (TPSA) is 51.2 Å². The summed E-state index contributed by atoms with van der Waals surface area (Å²) in [5.41, 5.74) is 2.14. The molecule has 1 aliphatic heterocycles. The predicted molar refractivity (Wildman–Crippen MR) is 96.0 cm³/mol. The van der Waals surface area contributed by atoms with Gasteiger partial charge in [-0.05, 0) is 42.4 Å². The molecule has 1 aliphatic rings. The molecule has 0 saturated carbocycles. The van der Waals surface area contributed by atoms with Crippen LogP contribution in [-0.2, 0) is 17.9 Å². The fourth-order valence-electron chi connectivity index (χ4n) is 2.72. The van der Waals surface area contributed by atoms with Crippen molar-refractivity contribution in [3.05, 3.63) is 58.6 Å². The molecule has 0 amide bonds. The number of rotatable bonds is 8. The average molecular weight is 364 g/mol. The highest BCUT2D eigenvalue weighted by Gasteiger charge is 2.14. The number of hydrogen-bond donors (Lipinski definition) is 1. The van der Waals surface area contributed by atoms with E-state index in [1.165, 1.54) is 0 Å². The fraction of sp³-hybridized carbons (Fsp3) is 0.368. The molecular formula is C19H22ClNO4.